The lowest BCUT2D eigenvalue weighted by Crippen LogP contribution is -2.19. The minimum atomic E-state index is -0.521. The zero-order valence-corrected chi connectivity index (χ0v) is 23.6. The molecule has 5 nitrogen and oxygen atoms in total. The summed E-state index contributed by atoms with van der Waals surface area (Å²) in [6, 6.07) is 19.3. The number of benzene rings is 3. The molecule has 0 aliphatic heterocycles. The van der Waals surface area contributed by atoms with Gasteiger partial charge in [0, 0.05) is 23.7 Å². The third kappa shape index (κ3) is 14.2. The van der Waals surface area contributed by atoms with E-state index in [1.54, 1.807) is 37.4 Å². The summed E-state index contributed by atoms with van der Waals surface area (Å²) in [4.78, 5) is 14.4. The molecule has 0 aliphatic rings. The highest BCUT2D eigenvalue weighted by Crippen LogP contribution is 2.16. The van der Waals surface area contributed by atoms with E-state index in [1.165, 1.54) is 35.9 Å². The van der Waals surface area contributed by atoms with Crippen LogP contribution in [0.5, 0.6) is 0 Å². The van der Waals surface area contributed by atoms with E-state index in [-0.39, 0.29) is 0 Å². The molecule has 0 aliphatic carbocycles. The molecule has 4 rings (SSSR count). The van der Waals surface area contributed by atoms with Crippen molar-refractivity contribution in [2.45, 2.75) is 47.1 Å². The molecule has 2 N–H and O–H groups in total. The highest BCUT2D eigenvalue weighted by atomic mass is 19.1. The van der Waals surface area contributed by atoms with E-state index in [4.69, 9.17) is 4.42 Å². The first-order valence-electron chi connectivity index (χ1n) is 13.3. The number of carbonyl (C=O) groups excluding carboxylic acids is 1. The molecule has 0 bridgehead atoms. The van der Waals surface area contributed by atoms with Gasteiger partial charge in [-0.15, -0.1) is 0 Å². The van der Waals surface area contributed by atoms with Crippen LogP contribution in [-0.4, -0.2) is 31.4 Å². The molecule has 0 radical (unpaired) electrons. The van der Waals surface area contributed by atoms with Crippen molar-refractivity contribution >= 4 is 6.29 Å². The molecule has 1 aromatic heterocycles. The van der Waals surface area contributed by atoms with Gasteiger partial charge in [0.05, 0.1) is 6.20 Å². The fourth-order valence-corrected chi connectivity index (χ4v) is 3.34. The second-order valence-corrected chi connectivity index (χ2v) is 8.33. The number of aldehydes is 1. The summed E-state index contributed by atoms with van der Waals surface area (Å²) < 4.78 is 29.5. The highest BCUT2D eigenvalue weighted by molar-refractivity contribution is 5.75. The Hall–Kier alpha value is -3.68. The Balaban J connectivity index is 0.000000291. The van der Waals surface area contributed by atoms with Crippen LogP contribution in [0.3, 0.4) is 0 Å². The zero-order valence-electron chi connectivity index (χ0n) is 23.6. The Morgan fingerprint density at radius 1 is 0.923 bits per heavy atom. The van der Waals surface area contributed by atoms with Gasteiger partial charge in [0.2, 0.25) is 5.89 Å². The third-order valence-electron chi connectivity index (χ3n) is 5.24. The smallest absolute Gasteiger partial charge is 0.225 e. The summed E-state index contributed by atoms with van der Waals surface area (Å²) in [5.74, 6) is -0.475. The minimum absolute atomic E-state index is 0.521. The van der Waals surface area contributed by atoms with Crippen molar-refractivity contribution < 1.29 is 18.0 Å². The molecular formula is C32H41F2N3O2. The van der Waals surface area contributed by atoms with Crippen LogP contribution in [0, 0.1) is 18.6 Å². The van der Waals surface area contributed by atoms with Crippen molar-refractivity contribution in [1.82, 2.24) is 15.6 Å². The summed E-state index contributed by atoms with van der Waals surface area (Å²) >= 11 is 0. The van der Waals surface area contributed by atoms with E-state index >= 15 is 0 Å². The van der Waals surface area contributed by atoms with Crippen LogP contribution in [0.2, 0.25) is 0 Å². The van der Waals surface area contributed by atoms with Gasteiger partial charge in [0.25, 0.3) is 0 Å². The maximum Gasteiger partial charge on any atom is 0.225 e. The van der Waals surface area contributed by atoms with Crippen molar-refractivity contribution in [3.05, 3.63) is 113 Å². The van der Waals surface area contributed by atoms with Gasteiger partial charge in [-0.2, -0.15) is 0 Å². The van der Waals surface area contributed by atoms with E-state index in [0.29, 0.717) is 17.0 Å². The maximum atomic E-state index is 12.2. The number of halogens is 2. The van der Waals surface area contributed by atoms with Crippen LogP contribution in [-0.2, 0) is 13.0 Å². The quantitative estimate of drug-likeness (QED) is 0.172. The zero-order chi connectivity index (χ0) is 28.9. The molecule has 0 fully saturated rings. The number of hydrogen-bond donors (Lipinski definition) is 2. The number of aromatic nitrogens is 1. The third-order valence-corrected chi connectivity index (χ3v) is 5.24. The lowest BCUT2D eigenvalue weighted by molar-refractivity contribution is 0.112. The van der Waals surface area contributed by atoms with Gasteiger partial charge in [-0.25, -0.2) is 13.8 Å². The molecule has 4 aromatic rings. The minimum Gasteiger partial charge on any atom is -0.445 e. The summed E-state index contributed by atoms with van der Waals surface area (Å²) in [6.45, 7) is 11.0. The Morgan fingerprint density at radius 2 is 1.59 bits per heavy atom. The van der Waals surface area contributed by atoms with Crippen LogP contribution in [0.15, 0.2) is 83.6 Å². The van der Waals surface area contributed by atoms with Gasteiger partial charge in [-0.05, 0) is 80.9 Å². The maximum absolute atomic E-state index is 12.2. The predicted octanol–water partition coefficient (Wildman–Crippen LogP) is 7.40. The number of hydrogen-bond acceptors (Lipinski definition) is 5. The molecule has 0 amide bonds. The lowest BCUT2D eigenvalue weighted by atomic mass is 10.1. The fourth-order valence-electron chi connectivity index (χ4n) is 3.34. The number of carbonyl (C=O) groups is 1. The standard InChI is InChI=1S/C13H22N2.C10H7NO2.C7H6F2.C2H6/c1-3-12-6-4-7-13(10-12)11-15-9-5-8-14-2;12-7-8-1-3-9(4-2-8)10-11-5-6-13-10;1-5-2-6(8)4-7(9)3-5;1-2/h4,6-7,10,14-15H,3,5,8-9,11H2,1-2H3;1-7H;2-4H,1H3;1-2H3. The van der Waals surface area contributed by atoms with Gasteiger partial charge >= 0.3 is 0 Å². The molecule has 0 atom stereocenters. The fraction of sp³-hybridized carbons (Fsp3) is 0.312. The topological polar surface area (TPSA) is 67.2 Å². The molecule has 7 heteroatoms. The molecule has 210 valence electrons. The Morgan fingerprint density at radius 3 is 2.13 bits per heavy atom. The summed E-state index contributed by atoms with van der Waals surface area (Å²) in [5.41, 5.74) is 4.93. The molecule has 3 aromatic carbocycles. The first-order valence-corrected chi connectivity index (χ1v) is 13.3. The molecule has 39 heavy (non-hydrogen) atoms. The molecule has 0 unspecified atom stereocenters. The van der Waals surface area contributed by atoms with E-state index in [2.05, 4.69) is 46.8 Å². The highest BCUT2D eigenvalue weighted by Gasteiger charge is 2.00. The first-order chi connectivity index (χ1) is 18.9. The summed E-state index contributed by atoms with van der Waals surface area (Å²) in [6.07, 6.45) is 6.21. The van der Waals surface area contributed by atoms with Gasteiger partial charge in [0.1, 0.15) is 24.2 Å². The number of oxazole rings is 1. The largest absolute Gasteiger partial charge is 0.445 e. The molecule has 0 saturated heterocycles. The Bertz CT molecular complexity index is 1130. The van der Waals surface area contributed by atoms with Crippen molar-refractivity contribution in [3.8, 4) is 11.5 Å². The Labute approximate surface area is 231 Å². The number of aryl methyl sites for hydroxylation is 2. The van der Waals surface area contributed by atoms with Gasteiger partial charge in [-0.3, -0.25) is 4.79 Å². The van der Waals surface area contributed by atoms with E-state index < -0.39 is 11.6 Å². The van der Waals surface area contributed by atoms with Crippen molar-refractivity contribution in [1.29, 1.82) is 0 Å². The lowest BCUT2D eigenvalue weighted by Gasteiger charge is -2.06. The van der Waals surface area contributed by atoms with Crippen molar-refractivity contribution in [2.24, 2.45) is 0 Å². The van der Waals surface area contributed by atoms with Gasteiger partial charge < -0.3 is 15.1 Å². The average Bonchev–Trinajstić information content (AvgIpc) is 3.49. The number of nitrogens with zero attached hydrogens (tertiary/aromatic N) is 1. The van der Waals surface area contributed by atoms with Crippen LogP contribution >= 0.6 is 0 Å². The molecular weight excluding hydrogens is 496 g/mol. The van der Waals surface area contributed by atoms with E-state index in [1.807, 2.05) is 20.9 Å². The first kappa shape index (κ1) is 33.3. The van der Waals surface area contributed by atoms with Crippen molar-refractivity contribution in [3.63, 3.8) is 0 Å². The average molecular weight is 538 g/mol. The number of rotatable bonds is 9. The molecule has 1 heterocycles. The van der Waals surface area contributed by atoms with E-state index in [9.17, 15) is 13.6 Å². The number of nitrogens with one attached hydrogen (secondary N) is 2. The van der Waals surface area contributed by atoms with Crippen LogP contribution in [0.4, 0.5) is 8.78 Å². The molecule has 0 saturated carbocycles. The van der Waals surface area contributed by atoms with Gasteiger partial charge in [0.15, 0.2) is 0 Å². The normalized spacial score (nSPS) is 9.72. The summed E-state index contributed by atoms with van der Waals surface area (Å²) in [7, 11) is 1.99. The van der Waals surface area contributed by atoms with Crippen molar-refractivity contribution in [2.75, 3.05) is 20.1 Å². The summed E-state index contributed by atoms with van der Waals surface area (Å²) in [5, 5.41) is 6.59. The molecule has 0 spiro atoms. The predicted molar refractivity (Wildman–Crippen MR) is 156 cm³/mol. The second-order valence-electron chi connectivity index (χ2n) is 8.33. The van der Waals surface area contributed by atoms with Gasteiger partial charge in [-0.1, -0.05) is 57.2 Å². The van der Waals surface area contributed by atoms with Crippen LogP contribution < -0.4 is 10.6 Å². The SMILES string of the molecule is CC.CCc1cccc(CNCCCNC)c1.Cc1cc(F)cc(F)c1.O=Cc1ccc(-c2ncco2)cc1. The van der Waals surface area contributed by atoms with E-state index in [0.717, 1.165) is 44.0 Å². The monoisotopic (exact) mass is 537 g/mol. The Kier molecular flexibility index (Phi) is 17.4. The van der Waals surface area contributed by atoms with Crippen LogP contribution in [0.25, 0.3) is 11.5 Å². The van der Waals surface area contributed by atoms with Crippen LogP contribution in [0.1, 0.15) is 54.2 Å². The second kappa shape index (κ2) is 20.3.